The number of hydrogen-bond acceptors (Lipinski definition) is 3. The van der Waals surface area contributed by atoms with Gasteiger partial charge in [-0.2, -0.15) is 0 Å². The molecule has 4 aromatic rings. The second-order valence-electron chi connectivity index (χ2n) is 9.17. The molecule has 0 spiro atoms. The standard InChI is InChI=1S/C29H29ClN2OS2/c1-29(2,3)35(33)32-28(25-19-12-20-34-25)27(23-17-10-11-18-24(23)30)31-26(21-13-6-4-7-14-21)22-15-8-5-9-16-22/h4-20,27-28,32H,1-3H3/t27-,28+,35+/m0/s1. The van der Waals surface area contributed by atoms with Crippen LogP contribution in [-0.2, 0) is 11.0 Å². The van der Waals surface area contributed by atoms with Crippen molar-refractivity contribution in [2.45, 2.75) is 37.6 Å². The molecule has 3 nitrogen and oxygen atoms in total. The molecule has 1 N–H and O–H groups in total. The van der Waals surface area contributed by atoms with Gasteiger partial charge in [0.15, 0.2) is 0 Å². The molecule has 0 bridgehead atoms. The number of nitrogens with zero attached hydrogens (tertiary/aromatic N) is 1. The average molecular weight is 521 g/mol. The van der Waals surface area contributed by atoms with Gasteiger partial charge < -0.3 is 0 Å². The zero-order chi connectivity index (χ0) is 24.8. The quantitative estimate of drug-likeness (QED) is 0.237. The van der Waals surface area contributed by atoms with E-state index in [2.05, 4.69) is 35.1 Å². The summed E-state index contributed by atoms with van der Waals surface area (Å²) in [5, 5.41) is 2.67. The molecule has 1 aromatic heterocycles. The van der Waals surface area contributed by atoms with Crippen molar-refractivity contribution in [3.05, 3.63) is 129 Å². The molecular formula is C29H29ClN2OS2. The fourth-order valence-corrected chi connectivity index (χ4v) is 5.69. The minimum atomic E-state index is -1.31. The Kier molecular flexibility index (Phi) is 8.34. The lowest BCUT2D eigenvalue weighted by Gasteiger charge is -2.29. The maximum absolute atomic E-state index is 13.3. The summed E-state index contributed by atoms with van der Waals surface area (Å²) >= 11 is 8.38. The molecule has 180 valence electrons. The largest absolute Gasteiger partial charge is 0.274 e. The number of benzene rings is 3. The predicted octanol–water partition coefficient (Wildman–Crippen LogP) is 7.77. The van der Waals surface area contributed by atoms with Gasteiger partial charge in [-0.05, 0) is 43.8 Å². The molecule has 0 radical (unpaired) electrons. The van der Waals surface area contributed by atoms with Crippen LogP contribution in [0.4, 0.5) is 0 Å². The van der Waals surface area contributed by atoms with Crippen LogP contribution in [0.3, 0.4) is 0 Å². The van der Waals surface area contributed by atoms with Crippen LogP contribution in [0.25, 0.3) is 0 Å². The minimum Gasteiger partial charge on any atom is -0.274 e. The van der Waals surface area contributed by atoms with E-state index in [1.807, 2.05) is 92.9 Å². The van der Waals surface area contributed by atoms with E-state index in [9.17, 15) is 4.21 Å². The molecule has 0 aliphatic rings. The molecule has 6 heteroatoms. The molecule has 0 aliphatic heterocycles. The fraction of sp³-hybridized carbons (Fsp3) is 0.207. The maximum atomic E-state index is 13.3. The summed E-state index contributed by atoms with van der Waals surface area (Å²) in [5.74, 6) is 0. The van der Waals surface area contributed by atoms with Crippen molar-refractivity contribution in [3.8, 4) is 0 Å². The number of halogens is 1. The van der Waals surface area contributed by atoms with Crippen molar-refractivity contribution in [2.24, 2.45) is 4.99 Å². The highest BCUT2D eigenvalue weighted by atomic mass is 35.5. The van der Waals surface area contributed by atoms with Crippen molar-refractivity contribution >= 4 is 39.6 Å². The lowest BCUT2D eigenvalue weighted by molar-refractivity contribution is 0.530. The van der Waals surface area contributed by atoms with Crippen LogP contribution in [0.5, 0.6) is 0 Å². The zero-order valence-electron chi connectivity index (χ0n) is 20.0. The number of hydrogen-bond donors (Lipinski definition) is 1. The highest BCUT2D eigenvalue weighted by Crippen LogP contribution is 2.39. The highest BCUT2D eigenvalue weighted by Gasteiger charge is 2.32. The smallest absolute Gasteiger partial charge is 0.0982 e. The normalized spacial score (nSPS) is 14.2. The Morgan fingerprint density at radius 3 is 1.94 bits per heavy atom. The van der Waals surface area contributed by atoms with Gasteiger partial charge in [0.05, 0.1) is 33.5 Å². The van der Waals surface area contributed by atoms with Crippen LogP contribution in [0.1, 0.15) is 54.4 Å². The Bertz CT molecular complexity index is 1240. The summed E-state index contributed by atoms with van der Waals surface area (Å²) in [5.41, 5.74) is 3.77. The second kappa shape index (κ2) is 11.4. The third-order valence-corrected chi connectivity index (χ3v) is 8.42. The van der Waals surface area contributed by atoms with Crippen LogP contribution < -0.4 is 4.72 Å². The molecule has 3 aromatic carbocycles. The summed E-state index contributed by atoms with van der Waals surface area (Å²) in [6, 6.07) is 31.4. The molecule has 0 saturated carbocycles. The van der Waals surface area contributed by atoms with Gasteiger partial charge >= 0.3 is 0 Å². The Morgan fingerprint density at radius 2 is 1.43 bits per heavy atom. The predicted molar refractivity (Wildman–Crippen MR) is 151 cm³/mol. The fourth-order valence-electron chi connectivity index (χ4n) is 3.72. The van der Waals surface area contributed by atoms with Crippen molar-refractivity contribution in [1.29, 1.82) is 0 Å². The number of rotatable bonds is 8. The lowest BCUT2D eigenvalue weighted by Crippen LogP contribution is -2.37. The molecule has 0 aliphatic carbocycles. The van der Waals surface area contributed by atoms with E-state index >= 15 is 0 Å². The van der Waals surface area contributed by atoms with Gasteiger partial charge in [-0.15, -0.1) is 11.3 Å². The van der Waals surface area contributed by atoms with Gasteiger partial charge in [-0.1, -0.05) is 96.5 Å². The minimum absolute atomic E-state index is 0.336. The van der Waals surface area contributed by atoms with Gasteiger partial charge in [0.25, 0.3) is 0 Å². The third-order valence-electron chi connectivity index (χ3n) is 5.54. The highest BCUT2D eigenvalue weighted by molar-refractivity contribution is 7.84. The molecule has 0 unspecified atom stereocenters. The molecule has 0 fully saturated rings. The van der Waals surface area contributed by atoms with Gasteiger partial charge in [0, 0.05) is 21.0 Å². The van der Waals surface area contributed by atoms with E-state index in [4.69, 9.17) is 16.6 Å². The van der Waals surface area contributed by atoms with Gasteiger partial charge in [-0.3, -0.25) is 4.99 Å². The number of thiophene rings is 1. The third kappa shape index (κ3) is 6.36. The van der Waals surface area contributed by atoms with Crippen molar-refractivity contribution in [3.63, 3.8) is 0 Å². The Labute approximate surface area is 219 Å². The van der Waals surface area contributed by atoms with E-state index in [0.717, 1.165) is 27.3 Å². The van der Waals surface area contributed by atoms with Crippen molar-refractivity contribution in [1.82, 2.24) is 4.72 Å². The zero-order valence-corrected chi connectivity index (χ0v) is 22.4. The van der Waals surface area contributed by atoms with E-state index < -0.39 is 21.8 Å². The van der Waals surface area contributed by atoms with E-state index in [-0.39, 0.29) is 6.04 Å². The van der Waals surface area contributed by atoms with E-state index in [1.54, 1.807) is 11.3 Å². The summed E-state index contributed by atoms with van der Waals surface area (Å²) in [7, 11) is -1.31. The first kappa shape index (κ1) is 25.5. The van der Waals surface area contributed by atoms with Gasteiger partial charge in [-0.25, -0.2) is 8.93 Å². The van der Waals surface area contributed by atoms with Crippen molar-refractivity contribution in [2.75, 3.05) is 0 Å². The molecule has 4 rings (SSSR count). The summed E-state index contributed by atoms with van der Waals surface area (Å²) in [4.78, 5) is 6.43. The van der Waals surface area contributed by atoms with Crippen LogP contribution in [-0.4, -0.2) is 14.7 Å². The van der Waals surface area contributed by atoms with Gasteiger partial charge in [0.2, 0.25) is 0 Å². The lowest BCUT2D eigenvalue weighted by atomic mass is 9.96. The topological polar surface area (TPSA) is 41.5 Å². The molecular weight excluding hydrogens is 492 g/mol. The first-order valence-electron chi connectivity index (χ1n) is 11.5. The number of nitrogens with one attached hydrogen (secondary N) is 1. The molecule has 0 amide bonds. The Hall–Kier alpha value is -2.57. The summed E-state index contributed by atoms with van der Waals surface area (Å²) < 4.78 is 16.3. The second-order valence-corrected chi connectivity index (χ2v) is 12.6. The monoisotopic (exact) mass is 520 g/mol. The SMILES string of the molecule is CC(C)(C)[S@@](=O)N[C@H](c1cccs1)[C@@H](N=C(c1ccccc1)c1ccccc1)c1ccccc1Cl. The Morgan fingerprint density at radius 1 is 0.857 bits per heavy atom. The van der Waals surface area contributed by atoms with Gasteiger partial charge in [0.1, 0.15) is 0 Å². The Balaban J connectivity index is 1.94. The first-order valence-corrected chi connectivity index (χ1v) is 13.9. The molecule has 0 saturated heterocycles. The van der Waals surface area contributed by atoms with Crippen LogP contribution in [0.15, 0.2) is 107 Å². The summed E-state index contributed by atoms with van der Waals surface area (Å²) in [6.45, 7) is 5.90. The van der Waals surface area contributed by atoms with E-state index in [1.165, 1.54) is 0 Å². The molecule has 3 atom stereocenters. The average Bonchev–Trinajstić information content (AvgIpc) is 3.39. The van der Waals surface area contributed by atoms with Crippen LogP contribution in [0, 0.1) is 0 Å². The number of aliphatic imine (C=N–C) groups is 1. The van der Waals surface area contributed by atoms with Crippen LogP contribution >= 0.6 is 22.9 Å². The molecule has 35 heavy (non-hydrogen) atoms. The summed E-state index contributed by atoms with van der Waals surface area (Å²) in [6.07, 6.45) is 0. The van der Waals surface area contributed by atoms with Crippen molar-refractivity contribution < 1.29 is 4.21 Å². The van der Waals surface area contributed by atoms with E-state index in [0.29, 0.717) is 5.02 Å². The van der Waals surface area contributed by atoms with Crippen LogP contribution in [0.2, 0.25) is 5.02 Å². The maximum Gasteiger partial charge on any atom is 0.0982 e. The molecule has 1 heterocycles. The first-order chi connectivity index (χ1) is 16.8.